The maximum atomic E-state index is 13.9. The van der Waals surface area contributed by atoms with Gasteiger partial charge < -0.3 is 20.3 Å². The summed E-state index contributed by atoms with van der Waals surface area (Å²) >= 11 is 0. The van der Waals surface area contributed by atoms with Crippen LogP contribution in [0.15, 0.2) is 48.5 Å². The fourth-order valence-electron chi connectivity index (χ4n) is 6.19. The van der Waals surface area contributed by atoms with Gasteiger partial charge in [-0.15, -0.1) is 0 Å². The SMILES string of the molecule is COc1cccc2c1CNC[C@]21CNC[C@H]1C(=O)N1CCC(c2ccccc2)CC1C. The normalized spacial score (nSPS) is 30.3. The van der Waals surface area contributed by atoms with Crippen LogP contribution in [0.1, 0.15) is 42.4 Å². The molecule has 31 heavy (non-hydrogen) atoms. The van der Waals surface area contributed by atoms with Crippen LogP contribution < -0.4 is 15.4 Å². The first kappa shape index (κ1) is 20.5. The Morgan fingerprint density at radius 1 is 1.10 bits per heavy atom. The van der Waals surface area contributed by atoms with Crippen molar-refractivity contribution in [2.45, 2.75) is 43.7 Å². The van der Waals surface area contributed by atoms with E-state index in [9.17, 15) is 4.79 Å². The second-order valence-corrected chi connectivity index (χ2v) is 9.44. The summed E-state index contributed by atoms with van der Waals surface area (Å²) in [5.41, 5.74) is 3.67. The van der Waals surface area contributed by atoms with E-state index in [1.807, 2.05) is 6.07 Å². The standard InChI is InChI=1S/C26H33N3O2/c1-18-13-20(19-7-4-3-5-8-19)11-12-29(18)25(30)23-15-28-17-26(23)16-27-14-21-22(26)9-6-10-24(21)31-2/h3-10,18,20,23,27-28H,11-17H2,1-2H3/t18?,20?,23-,26-/m0/s1. The minimum Gasteiger partial charge on any atom is -0.496 e. The Bertz CT molecular complexity index is 947. The number of fused-ring (bicyclic) bond motifs is 2. The predicted octanol–water partition coefficient (Wildman–Crippen LogP) is 3.05. The minimum absolute atomic E-state index is 0.0538. The summed E-state index contributed by atoms with van der Waals surface area (Å²) in [5, 5.41) is 7.14. The van der Waals surface area contributed by atoms with Crippen LogP contribution in [-0.4, -0.2) is 50.1 Å². The highest BCUT2D eigenvalue weighted by Crippen LogP contribution is 2.43. The van der Waals surface area contributed by atoms with Crippen molar-refractivity contribution in [3.05, 3.63) is 65.2 Å². The summed E-state index contributed by atoms with van der Waals surface area (Å²) in [4.78, 5) is 16.1. The van der Waals surface area contributed by atoms with Crippen molar-refractivity contribution in [1.29, 1.82) is 0 Å². The smallest absolute Gasteiger partial charge is 0.228 e. The number of likely N-dealkylation sites (tertiary alicyclic amines) is 1. The summed E-state index contributed by atoms with van der Waals surface area (Å²) in [6.45, 7) is 6.24. The molecule has 5 heteroatoms. The van der Waals surface area contributed by atoms with Crippen LogP contribution in [0.25, 0.3) is 0 Å². The Morgan fingerprint density at radius 3 is 2.68 bits per heavy atom. The summed E-state index contributed by atoms with van der Waals surface area (Å²) < 4.78 is 5.64. The highest BCUT2D eigenvalue weighted by Gasteiger charge is 2.52. The van der Waals surface area contributed by atoms with Gasteiger partial charge in [-0.3, -0.25) is 4.79 Å². The molecule has 1 amide bonds. The molecule has 0 saturated carbocycles. The Labute approximate surface area is 185 Å². The zero-order chi connectivity index (χ0) is 21.4. The zero-order valence-electron chi connectivity index (χ0n) is 18.6. The van der Waals surface area contributed by atoms with Crippen LogP contribution in [0, 0.1) is 5.92 Å². The lowest BCUT2D eigenvalue weighted by molar-refractivity contribution is -0.140. The van der Waals surface area contributed by atoms with Crippen molar-refractivity contribution in [2.24, 2.45) is 5.92 Å². The Hall–Kier alpha value is -2.37. The number of nitrogens with zero attached hydrogens (tertiary/aromatic N) is 1. The number of benzene rings is 2. The number of rotatable bonds is 3. The highest BCUT2D eigenvalue weighted by atomic mass is 16.5. The van der Waals surface area contributed by atoms with Crippen LogP contribution in [0.2, 0.25) is 0 Å². The van der Waals surface area contributed by atoms with Gasteiger partial charge in [0.05, 0.1) is 13.0 Å². The average Bonchev–Trinajstić information content (AvgIpc) is 3.23. The van der Waals surface area contributed by atoms with Gasteiger partial charge in [0.1, 0.15) is 5.75 Å². The molecular formula is C26H33N3O2. The first-order chi connectivity index (χ1) is 15.1. The second kappa shape index (κ2) is 8.29. The van der Waals surface area contributed by atoms with Crippen molar-refractivity contribution < 1.29 is 9.53 Å². The van der Waals surface area contributed by atoms with E-state index in [1.54, 1.807) is 7.11 Å². The van der Waals surface area contributed by atoms with Gasteiger partial charge in [-0.1, -0.05) is 42.5 Å². The lowest BCUT2D eigenvalue weighted by atomic mass is 9.68. The largest absolute Gasteiger partial charge is 0.496 e. The van der Waals surface area contributed by atoms with E-state index in [-0.39, 0.29) is 17.4 Å². The van der Waals surface area contributed by atoms with Crippen molar-refractivity contribution >= 4 is 5.91 Å². The van der Waals surface area contributed by atoms with E-state index in [4.69, 9.17) is 4.74 Å². The molecule has 2 fully saturated rings. The molecule has 3 aliphatic rings. The third-order valence-electron chi connectivity index (χ3n) is 7.82. The van der Waals surface area contributed by atoms with Gasteiger partial charge in [0.25, 0.3) is 0 Å². The van der Waals surface area contributed by atoms with Gasteiger partial charge >= 0.3 is 0 Å². The Morgan fingerprint density at radius 2 is 1.90 bits per heavy atom. The molecule has 3 aliphatic heterocycles. The Balaban J connectivity index is 1.39. The molecule has 0 aliphatic carbocycles. The van der Waals surface area contributed by atoms with Gasteiger partial charge in [-0.05, 0) is 42.9 Å². The highest BCUT2D eigenvalue weighted by molar-refractivity contribution is 5.82. The van der Waals surface area contributed by atoms with Gasteiger partial charge in [-0.25, -0.2) is 0 Å². The third-order valence-corrected chi connectivity index (χ3v) is 7.82. The molecule has 5 rings (SSSR count). The van der Waals surface area contributed by atoms with Gasteiger partial charge in [0.15, 0.2) is 0 Å². The predicted molar refractivity (Wildman–Crippen MR) is 122 cm³/mol. The molecule has 2 unspecified atom stereocenters. The van der Waals surface area contributed by atoms with E-state index < -0.39 is 0 Å². The van der Waals surface area contributed by atoms with Crippen LogP contribution >= 0.6 is 0 Å². The quantitative estimate of drug-likeness (QED) is 0.803. The average molecular weight is 420 g/mol. The summed E-state index contributed by atoms with van der Waals surface area (Å²) in [5.74, 6) is 1.71. The van der Waals surface area contributed by atoms with Crippen LogP contribution in [0.4, 0.5) is 0 Å². The second-order valence-electron chi connectivity index (χ2n) is 9.44. The lowest BCUT2D eigenvalue weighted by Gasteiger charge is -2.44. The fourth-order valence-corrected chi connectivity index (χ4v) is 6.19. The summed E-state index contributed by atoms with van der Waals surface area (Å²) in [6, 6.07) is 17.3. The van der Waals surface area contributed by atoms with Crippen molar-refractivity contribution in [3.63, 3.8) is 0 Å². The van der Waals surface area contributed by atoms with Crippen LogP contribution in [-0.2, 0) is 16.8 Å². The summed E-state index contributed by atoms with van der Waals surface area (Å²) in [6.07, 6.45) is 2.07. The van der Waals surface area contributed by atoms with E-state index in [0.29, 0.717) is 11.8 Å². The topological polar surface area (TPSA) is 53.6 Å². The maximum absolute atomic E-state index is 13.9. The van der Waals surface area contributed by atoms with Gasteiger partial charge in [-0.2, -0.15) is 0 Å². The summed E-state index contributed by atoms with van der Waals surface area (Å²) in [7, 11) is 1.73. The number of carbonyl (C=O) groups excluding carboxylic acids is 1. The van der Waals surface area contributed by atoms with Crippen LogP contribution in [0.3, 0.4) is 0 Å². The number of hydrogen-bond acceptors (Lipinski definition) is 4. The molecule has 0 aromatic heterocycles. The van der Waals surface area contributed by atoms with Crippen molar-refractivity contribution in [2.75, 3.05) is 33.3 Å². The van der Waals surface area contributed by atoms with E-state index in [2.05, 4.69) is 64.9 Å². The number of carbonyl (C=O) groups is 1. The lowest BCUT2D eigenvalue weighted by Crippen LogP contribution is -2.55. The number of nitrogens with one attached hydrogen (secondary N) is 2. The molecule has 164 valence electrons. The molecule has 4 atom stereocenters. The van der Waals surface area contributed by atoms with Crippen molar-refractivity contribution in [1.82, 2.24) is 15.5 Å². The third kappa shape index (κ3) is 3.44. The van der Waals surface area contributed by atoms with E-state index in [0.717, 1.165) is 51.3 Å². The molecule has 2 saturated heterocycles. The maximum Gasteiger partial charge on any atom is 0.228 e. The number of hydrogen-bond donors (Lipinski definition) is 2. The molecular weight excluding hydrogens is 386 g/mol. The first-order valence-electron chi connectivity index (χ1n) is 11.6. The van der Waals surface area contributed by atoms with E-state index >= 15 is 0 Å². The van der Waals surface area contributed by atoms with Gasteiger partial charge in [0.2, 0.25) is 5.91 Å². The molecule has 0 bridgehead atoms. The minimum atomic E-state index is -0.213. The molecule has 0 radical (unpaired) electrons. The number of methoxy groups -OCH3 is 1. The van der Waals surface area contributed by atoms with Crippen LogP contribution in [0.5, 0.6) is 5.75 Å². The monoisotopic (exact) mass is 419 g/mol. The molecule has 2 aromatic rings. The molecule has 2 N–H and O–H groups in total. The zero-order valence-corrected chi connectivity index (χ0v) is 18.6. The van der Waals surface area contributed by atoms with Crippen molar-refractivity contribution in [3.8, 4) is 5.75 Å². The Kier molecular flexibility index (Phi) is 5.49. The van der Waals surface area contributed by atoms with Gasteiger partial charge in [0, 0.05) is 49.7 Å². The molecule has 3 heterocycles. The number of amides is 1. The number of piperidine rings is 1. The number of ether oxygens (including phenoxy) is 1. The molecule has 2 aromatic carbocycles. The van der Waals surface area contributed by atoms with E-state index in [1.165, 1.54) is 16.7 Å². The fraction of sp³-hybridized carbons (Fsp3) is 0.500. The first-order valence-corrected chi connectivity index (χ1v) is 11.6. The molecule has 5 nitrogen and oxygen atoms in total. The molecule has 1 spiro atoms.